The number of hydrogen-bond acceptors (Lipinski definition) is 3. The second kappa shape index (κ2) is 6.61. The number of amides is 3. The van der Waals surface area contributed by atoms with Crippen LogP contribution in [-0.2, 0) is 0 Å². The Kier molecular flexibility index (Phi) is 5.13. The van der Waals surface area contributed by atoms with Crippen molar-refractivity contribution >= 4 is 17.6 Å². The molecule has 0 radical (unpaired) electrons. The minimum absolute atomic E-state index is 0.255. The van der Waals surface area contributed by atoms with Crippen molar-refractivity contribution in [3.63, 3.8) is 0 Å². The van der Waals surface area contributed by atoms with Crippen molar-refractivity contribution in [3.05, 3.63) is 29.8 Å². The van der Waals surface area contributed by atoms with E-state index in [0.29, 0.717) is 24.3 Å². The number of nitrogens with one attached hydrogen (secondary N) is 2. The van der Waals surface area contributed by atoms with Gasteiger partial charge in [-0.05, 0) is 12.1 Å². The van der Waals surface area contributed by atoms with Gasteiger partial charge in [-0.3, -0.25) is 4.79 Å². The number of rotatable bonds is 4. The van der Waals surface area contributed by atoms with E-state index < -0.39 is 0 Å². The first-order chi connectivity index (χ1) is 8.56. The minimum atomic E-state index is -0.283. The number of para-hydroxylation sites is 1. The quantitative estimate of drug-likeness (QED) is 0.725. The van der Waals surface area contributed by atoms with Gasteiger partial charge in [-0.15, -0.1) is 0 Å². The first kappa shape index (κ1) is 14.0. The SMILES string of the molecule is CN(C)C(=O)Nc1ccccc1C(=O)NCCN. The lowest BCUT2D eigenvalue weighted by atomic mass is 10.1. The summed E-state index contributed by atoms with van der Waals surface area (Å²) in [6.45, 7) is 0.771. The van der Waals surface area contributed by atoms with E-state index in [2.05, 4.69) is 10.6 Å². The molecule has 0 atom stereocenters. The van der Waals surface area contributed by atoms with Gasteiger partial charge in [-0.2, -0.15) is 0 Å². The average Bonchev–Trinajstić information content (AvgIpc) is 2.36. The minimum Gasteiger partial charge on any atom is -0.351 e. The Morgan fingerprint density at radius 1 is 1.28 bits per heavy atom. The monoisotopic (exact) mass is 250 g/mol. The Labute approximate surface area is 106 Å². The zero-order valence-corrected chi connectivity index (χ0v) is 10.6. The Morgan fingerprint density at radius 2 is 1.94 bits per heavy atom. The topological polar surface area (TPSA) is 87.5 Å². The third-order valence-corrected chi connectivity index (χ3v) is 2.25. The van der Waals surface area contributed by atoms with E-state index in [9.17, 15) is 9.59 Å². The molecule has 18 heavy (non-hydrogen) atoms. The largest absolute Gasteiger partial charge is 0.351 e. The van der Waals surface area contributed by atoms with Crippen LogP contribution in [0, 0.1) is 0 Å². The Balaban J connectivity index is 2.85. The van der Waals surface area contributed by atoms with Crippen LogP contribution in [0.25, 0.3) is 0 Å². The van der Waals surface area contributed by atoms with Crippen molar-refractivity contribution in [2.75, 3.05) is 32.5 Å². The van der Waals surface area contributed by atoms with Crippen LogP contribution in [0.4, 0.5) is 10.5 Å². The molecule has 3 amide bonds. The summed E-state index contributed by atoms with van der Waals surface area (Å²) >= 11 is 0. The van der Waals surface area contributed by atoms with E-state index in [4.69, 9.17) is 5.73 Å². The van der Waals surface area contributed by atoms with Gasteiger partial charge in [0, 0.05) is 27.2 Å². The van der Waals surface area contributed by atoms with Crippen LogP contribution in [0.3, 0.4) is 0 Å². The smallest absolute Gasteiger partial charge is 0.321 e. The van der Waals surface area contributed by atoms with Gasteiger partial charge in [0.1, 0.15) is 0 Å². The number of nitrogens with zero attached hydrogens (tertiary/aromatic N) is 1. The molecule has 1 rings (SSSR count). The number of benzene rings is 1. The molecule has 98 valence electrons. The molecule has 0 bridgehead atoms. The number of nitrogens with two attached hydrogens (primary N) is 1. The van der Waals surface area contributed by atoms with Crippen LogP contribution in [0.5, 0.6) is 0 Å². The predicted octanol–water partition coefficient (Wildman–Crippen LogP) is 0.469. The molecular weight excluding hydrogens is 232 g/mol. The Hall–Kier alpha value is -2.08. The molecule has 1 aromatic rings. The molecule has 0 aliphatic rings. The van der Waals surface area contributed by atoms with Crippen LogP contribution in [-0.4, -0.2) is 44.0 Å². The lowest BCUT2D eigenvalue weighted by molar-refractivity contribution is 0.0955. The number of urea groups is 1. The summed E-state index contributed by atoms with van der Waals surface area (Å²) in [7, 11) is 3.26. The van der Waals surface area contributed by atoms with E-state index in [1.54, 1.807) is 38.4 Å². The van der Waals surface area contributed by atoms with Crippen LogP contribution in [0.15, 0.2) is 24.3 Å². The number of hydrogen-bond donors (Lipinski definition) is 3. The van der Waals surface area contributed by atoms with Crippen LogP contribution in [0.1, 0.15) is 10.4 Å². The molecule has 0 heterocycles. The molecule has 0 aliphatic heterocycles. The fourth-order valence-electron chi connectivity index (χ4n) is 1.30. The first-order valence-corrected chi connectivity index (χ1v) is 5.62. The van der Waals surface area contributed by atoms with Gasteiger partial charge >= 0.3 is 6.03 Å². The standard InChI is InChI=1S/C12H18N4O2/c1-16(2)12(18)15-10-6-4-3-5-9(10)11(17)14-8-7-13/h3-6H,7-8,13H2,1-2H3,(H,14,17)(H,15,18). The molecule has 6 nitrogen and oxygen atoms in total. The van der Waals surface area contributed by atoms with Gasteiger partial charge in [0.2, 0.25) is 0 Å². The Bertz CT molecular complexity index is 432. The molecule has 1 aromatic carbocycles. The third kappa shape index (κ3) is 3.74. The van der Waals surface area contributed by atoms with Crippen molar-refractivity contribution in [1.29, 1.82) is 0 Å². The maximum absolute atomic E-state index is 11.8. The zero-order valence-electron chi connectivity index (χ0n) is 10.6. The van der Waals surface area contributed by atoms with E-state index in [1.807, 2.05) is 0 Å². The molecule has 0 saturated heterocycles. The summed E-state index contributed by atoms with van der Waals surface area (Å²) in [5.74, 6) is -0.255. The average molecular weight is 250 g/mol. The highest BCUT2D eigenvalue weighted by molar-refractivity contribution is 6.03. The lowest BCUT2D eigenvalue weighted by Crippen LogP contribution is -2.31. The maximum Gasteiger partial charge on any atom is 0.321 e. The highest BCUT2D eigenvalue weighted by Gasteiger charge is 2.12. The molecule has 6 heteroatoms. The summed E-state index contributed by atoms with van der Waals surface area (Å²) < 4.78 is 0. The second-order valence-electron chi connectivity index (χ2n) is 3.91. The summed E-state index contributed by atoms with van der Waals surface area (Å²) in [4.78, 5) is 24.8. The summed E-state index contributed by atoms with van der Waals surface area (Å²) in [6.07, 6.45) is 0. The van der Waals surface area contributed by atoms with E-state index in [1.165, 1.54) is 4.90 Å². The van der Waals surface area contributed by atoms with Gasteiger partial charge in [0.05, 0.1) is 11.3 Å². The van der Waals surface area contributed by atoms with Gasteiger partial charge in [0.15, 0.2) is 0 Å². The zero-order chi connectivity index (χ0) is 13.5. The van der Waals surface area contributed by atoms with Crippen molar-refractivity contribution in [2.24, 2.45) is 5.73 Å². The fraction of sp³-hybridized carbons (Fsp3) is 0.333. The fourth-order valence-corrected chi connectivity index (χ4v) is 1.30. The highest BCUT2D eigenvalue weighted by atomic mass is 16.2. The van der Waals surface area contributed by atoms with Crippen LogP contribution in [0.2, 0.25) is 0 Å². The van der Waals surface area contributed by atoms with Crippen molar-refractivity contribution in [2.45, 2.75) is 0 Å². The molecule has 0 unspecified atom stereocenters. The molecular formula is C12H18N4O2. The summed E-state index contributed by atoms with van der Waals surface area (Å²) in [5.41, 5.74) is 6.22. The predicted molar refractivity (Wildman–Crippen MR) is 70.5 cm³/mol. The summed E-state index contributed by atoms with van der Waals surface area (Å²) in [6, 6.07) is 6.54. The van der Waals surface area contributed by atoms with E-state index >= 15 is 0 Å². The molecule has 4 N–H and O–H groups in total. The Morgan fingerprint density at radius 3 is 2.56 bits per heavy atom. The van der Waals surface area contributed by atoms with Gasteiger partial charge in [-0.1, -0.05) is 12.1 Å². The van der Waals surface area contributed by atoms with Gasteiger partial charge in [0.25, 0.3) is 5.91 Å². The van der Waals surface area contributed by atoms with Gasteiger partial charge < -0.3 is 21.3 Å². The number of carbonyl (C=O) groups excluding carboxylic acids is 2. The van der Waals surface area contributed by atoms with Crippen molar-refractivity contribution < 1.29 is 9.59 Å². The number of anilines is 1. The highest BCUT2D eigenvalue weighted by Crippen LogP contribution is 2.15. The maximum atomic E-state index is 11.8. The van der Waals surface area contributed by atoms with Crippen molar-refractivity contribution in [3.8, 4) is 0 Å². The third-order valence-electron chi connectivity index (χ3n) is 2.25. The first-order valence-electron chi connectivity index (χ1n) is 5.62. The molecule has 0 aliphatic carbocycles. The van der Waals surface area contributed by atoms with Crippen LogP contribution < -0.4 is 16.4 Å². The molecule has 0 spiro atoms. The van der Waals surface area contributed by atoms with Gasteiger partial charge in [-0.25, -0.2) is 4.79 Å². The van der Waals surface area contributed by atoms with Crippen molar-refractivity contribution in [1.82, 2.24) is 10.2 Å². The van der Waals surface area contributed by atoms with E-state index in [-0.39, 0.29) is 11.9 Å². The molecule has 0 aromatic heterocycles. The lowest BCUT2D eigenvalue weighted by Gasteiger charge is -2.14. The molecule has 0 fully saturated rings. The molecule has 0 saturated carbocycles. The summed E-state index contributed by atoms with van der Waals surface area (Å²) in [5, 5.41) is 5.32. The number of carbonyl (C=O) groups is 2. The van der Waals surface area contributed by atoms with E-state index in [0.717, 1.165) is 0 Å². The normalized spacial score (nSPS) is 9.72. The second-order valence-corrected chi connectivity index (χ2v) is 3.91. The van der Waals surface area contributed by atoms with Crippen LogP contribution >= 0.6 is 0 Å².